The summed E-state index contributed by atoms with van der Waals surface area (Å²) in [5.41, 5.74) is 1.16. The van der Waals surface area contributed by atoms with Gasteiger partial charge in [0.15, 0.2) is 0 Å². The molecule has 1 heterocycles. The van der Waals surface area contributed by atoms with E-state index in [2.05, 4.69) is 10.2 Å². The average molecular weight is 262 g/mol. The Bertz CT molecular complexity index is 419. The Morgan fingerprint density at radius 3 is 2.68 bits per heavy atom. The van der Waals surface area contributed by atoms with Crippen LogP contribution in [0.3, 0.4) is 0 Å². The Kier molecular flexibility index (Phi) is 4.56. The predicted molar refractivity (Wildman–Crippen MR) is 74.5 cm³/mol. The second kappa shape index (κ2) is 6.17. The summed E-state index contributed by atoms with van der Waals surface area (Å²) in [6.07, 6.45) is -0.503. The van der Waals surface area contributed by atoms with E-state index in [-0.39, 0.29) is 17.9 Å². The van der Waals surface area contributed by atoms with Gasteiger partial charge in [-0.05, 0) is 11.5 Å². The Labute approximate surface area is 114 Å². The number of hydrogen-bond donors (Lipinski definition) is 2. The highest BCUT2D eigenvalue weighted by atomic mass is 16.3. The highest BCUT2D eigenvalue weighted by molar-refractivity contribution is 5.82. The first-order valence-corrected chi connectivity index (χ1v) is 6.81. The standard InChI is InChI=1S/C15H22N2O2/c1-11(2)14-15(19)16-8-13(18)10-17(14)9-12-6-4-3-5-7-12/h3-7,11,13-14,18H,8-10H2,1-2H3,(H,16,19)/t13-,14+/m1/s1. The minimum Gasteiger partial charge on any atom is -0.390 e. The number of amides is 1. The van der Waals surface area contributed by atoms with Crippen LogP contribution in [-0.4, -0.2) is 41.1 Å². The smallest absolute Gasteiger partial charge is 0.237 e. The number of benzene rings is 1. The van der Waals surface area contributed by atoms with Crippen LogP contribution in [0.1, 0.15) is 19.4 Å². The van der Waals surface area contributed by atoms with Crippen LogP contribution < -0.4 is 5.32 Å². The topological polar surface area (TPSA) is 52.6 Å². The van der Waals surface area contributed by atoms with E-state index in [1.54, 1.807) is 0 Å². The third-order valence-corrected chi connectivity index (χ3v) is 3.48. The number of aliphatic hydroxyl groups excluding tert-OH is 1. The largest absolute Gasteiger partial charge is 0.390 e. The number of nitrogens with zero attached hydrogens (tertiary/aromatic N) is 1. The summed E-state index contributed by atoms with van der Waals surface area (Å²) in [4.78, 5) is 14.2. The maximum atomic E-state index is 12.1. The fourth-order valence-electron chi connectivity index (χ4n) is 2.64. The lowest BCUT2D eigenvalue weighted by molar-refractivity contribution is -0.127. The van der Waals surface area contributed by atoms with Crippen molar-refractivity contribution in [1.82, 2.24) is 10.2 Å². The predicted octanol–water partition coefficient (Wildman–Crippen LogP) is 1.00. The zero-order chi connectivity index (χ0) is 13.8. The van der Waals surface area contributed by atoms with E-state index in [1.165, 1.54) is 0 Å². The number of carbonyl (C=O) groups is 1. The molecule has 19 heavy (non-hydrogen) atoms. The van der Waals surface area contributed by atoms with E-state index in [4.69, 9.17) is 0 Å². The van der Waals surface area contributed by atoms with Gasteiger partial charge in [-0.15, -0.1) is 0 Å². The zero-order valence-electron chi connectivity index (χ0n) is 11.5. The Hall–Kier alpha value is -1.39. The van der Waals surface area contributed by atoms with Crippen LogP contribution in [-0.2, 0) is 11.3 Å². The van der Waals surface area contributed by atoms with Crippen LogP contribution in [0.15, 0.2) is 30.3 Å². The summed E-state index contributed by atoms with van der Waals surface area (Å²) in [5.74, 6) is 0.233. The number of hydrogen-bond acceptors (Lipinski definition) is 3. The number of carbonyl (C=O) groups excluding carboxylic acids is 1. The molecule has 0 aromatic heterocycles. The van der Waals surface area contributed by atoms with Crippen LogP contribution in [0, 0.1) is 5.92 Å². The van der Waals surface area contributed by atoms with Gasteiger partial charge in [-0.2, -0.15) is 0 Å². The highest BCUT2D eigenvalue weighted by Crippen LogP contribution is 2.17. The van der Waals surface area contributed by atoms with E-state index in [1.807, 2.05) is 44.2 Å². The van der Waals surface area contributed by atoms with Crippen LogP contribution in [0.25, 0.3) is 0 Å². The molecule has 2 rings (SSSR count). The van der Waals surface area contributed by atoms with Crippen molar-refractivity contribution in [2.24, 2.45) is 5.92 Å². The molecule has 1 aromatic rings. The second-order valence-corrected chi connectivity index (χ2v) is 5.50. The maximum absolute atomic E-state index is 12.1. The highest BCUT2D eigenvalue weighted by Gasteiger charge is 2.33. The third kappa shape index (κ3) is 3.55. The summed E-state index contributed by atoms with van der Waals surface area (Å²) >= 11 is 0. The third-order valence-electron chi connectivity index (χ3n) is 3.48. The van der Waals surface area contributed by atoms with Crippen LogP contribution in [0.4, 0.5) is 0 Å². The van der Waals surface area contributed by atoms with Gasteiger partial charge in [-0.1, -0.05) is 44.2 Å². The van der Waals surface area contributed by atoms with Gasteiger partial charge in [0, 0.05) is 19.6 Å². The van der Waals surface area contributed by atoms with Crippen molar-refractivity contribution < 1.29 is 9.90 Å². The van der Waals surface area contributed by atoms with Crippen molar-refractivity contribution in [2.45, 2.75) is 32.5 Å². The number of rotatable bonds is 3. The molecule has 104 valence electrons. The van der Waals surface area contributed by atoms with Crippen molar-refractivity contribution in [3.05, 3.63) is 35.9 Å². The maximum Gasteiger partial charge on any atom is 0.237 e. The van der Waals surface area contributed by atoms with Crippen molar-refractivity contribution in [2.75, 3.05) is 13.1 Å². The first kappa shape index (κ1) is 14.0. The number of β-amino-alcohol motifs (C(OH)–C–C–N with tert-alkyl or cyclic N) is 1. The van der Waals surface area contributed by atoms with Crippen molar-refractivity contribution >= 4 is 5.91 Å². The van der Waals surface area contributed by atoms with E-state index in [0.29, 0.717) is 19.6 Å². The molecular formula is C15H22N2O2. The van der Waals surface area contributed by atoms with E-state index < -0.39 is 6.10 Å². The molecule has 2 N–H and O–H groups in total. The molecule has 4 heteroatoms. The Balaban J connectivity index is 2.19. The van der Waals surface area contributed by atoms with Crippen LogP contribution >= 0.6 is 0 Å². The normalized spacial score (nSPS) is 25.2. The van der Waals surface area contributed by atoms with Crippen molar-refractivity contribution in [3.63, 3.8) is 0 Å². The summed E-state index contributed by atoms with van der Waals surface area (Å²) in [6, 6.07) is 9.88. The second-order valence-electron chi connectivity index (χ2n) is 5.50. The molecular weight excluding hydrogens is 240 g/mol. The fraction of sp³-hybridized carbons (Fsp3) is 0.533. The molecule has 1 fully saturated rings. The SMILES string of the molecule is CC(C)[C@H]1C(=O)NC[C@@H](O)CN1Cc1ccccc1. The lowest BCUT2D eigenvalue weighted by Gasteiger charge is -2.31. The van der Waals surface area contributed by atoms with Gasteiger partial charge in [0.2, 0.25) is 5.91 Å². The van der Waals surface area contributed by atoms with Gasteiger partial charge in [0.1, 0.15) is 0 Å². The molecule has 1 saturated heterocycles. The van der Waals surface area contributed by atoms with E-state index in [0.717, 1.165) is 5.56 Å². The number of aliphatic hydroxyl groups is 1. The Morgan fingerprint density at radius 2 is 2.05 bits per heavy atom. The molecule has 0 radical (unpaired) electrons. The van der Waals surface area contributed by atoms with Crippen LogP contribution in [0.5, 0.6) is 0 Å². The first-order chi connectivity index (χ1) is 9.08. The Morgan fingerprint density at radius 1 is 1.37 bits per heavy atom. The molecule has 1 aliphatic rings. The lowest BCUT2D eigenvalue weighted by Crippen LogP contribution is -2.47. The molecule has 1 aliphatic heterocycles. The molecule has 0 aliphatic carbocycles. The average Bonchev–Trinajstić information content (AvgIpc) is 2.50. The lowest BCUT2D eigenvalue weighted by atomic mass is 10.0. The fourth-order valence-corrected chi connectivity index (χ4v) is 2.64. The minimum absolute atomic E-state index is 0.0162. The zero-order valence-corrected chi connectivity index (χ0v) is 11.5. The van der Waals surface area contributed by atoms with E-state index >= 15 is 0 Å². The van der Waals surface area contributed by atoms with Crippen LogP contribution in [0.2, 0.25) is 0 Å². The van der Waals surface area contributed by atoms with E-state index in [9.17, 15) is 9.90 Å². The minimum atomic E-state index is -0.503. The summed E-state index contributed by atoms with van der Waals surface area (Å²) < 4.78 is 0. The first-order valence-electron chi connectivity index (χ1n) is 6.81. The van der Waals surface area contributed by atoms with Gasteiger partial charge in [-0.25, -0.2) is 0 Å². The number of nitrogens with one attached hydrogen (secondary N) is 1. The summed E-state index contributed by atoms with van der Waals surface area (Å²) in [5, 5.41) is 12.7. The summed E-state index contributed by atoms with van der Waals surface area (Å²) in [7, 11) is 0. The van der Waals surface area contributed by atoms with Gasteiger partial charge in [0.25, 0.3) is 0 Å². The van der Waals surface area contributed by atoms with Crippen molar-refractivity contribution in [3.8, 4) is 0 Å². The molecule has 0 unspecified atom stereocenters. The monoisotopic (exact) mass is 262 g/mol. The molecule has 1 amide bonds. The summed E-state index contributed by atoms with van der Waals surface area (Å²) in [6.45, 7) is 5.64. The van der Waals surface area contributed by atoms with Crippen molar-refractivity contribution in [1.29, 1.82) is 0 Å². The molecule has 0 saturated carbocycles. The quantitative estimate of drug-likeness (QED) is 0.854. The van der Waals surface area contributed by atoms with Gasteiger partial charge >= 0.3 is 0 Å². The van der Waals surface area contributed by atoms with Gasteiger partial charge < -0.3 is 10.4 Å². The molecule has 1 aromatic carbocycles. The van der Waals surface area contributed by atoms with Gasteiger partial charge in [0.05, 0.1) is 12.1 Å². The molecule has 2 atom stereocenters. The molecule has 0 bridgehead atoms. The van der Waals surface area contributed by atoms with Gasteiger partial charge in [-0.3, -0.25) is 9.69 Å². The molecule has 0 spiro atoms. The molecule has 4 nitrogen and oxygen atoms in total.